The summed E-state index contributed by atoms with van der Waals surface area (Å²) in [7, 11) is 3.43. The van der Waals surface area contributed by atoms with Crippen molar-refractivity contribution in [3.63, 3.8) is 0 Å². The van der Waals surface area contributed by atoms with Crippen LogP contribution in [0.2, 0.25) is 0 Å². The van der Waals surface area contributed by atoms with Crippen molar-refractivity contribution < 1.29 is 4.74 Å². The zero-order valence-electron chi connectivity index (χ0n) is 10.9. The van der Waals surface area contributed by atoms with E-state index in [0.717, 1.165) is 17.1 Å². The van der Waals surface area contributed by atoms with E-state index in [-0.39, 0.29) is 0 Å². The highest BCUT2D eigenvalue weighted by atomic mass is 16.5. The number of anilines is 1. The van der Waals surface area contributed by atoms with Gasteiger partial charge in [-0.15, -0.1) is 5.10 Å². The van der Waals surface area contributed by atoms with Gasteiger partial charge in [-0.3, -0.25) is 4.68 Å². The van der Waals surface area contributed by atoms with Crippen molar-refractivity contribution >= 4 is 11.6 Å². The van der Waals surface area contributed by atoms with E-state index in [1.165, 1.54) is 0 Å². The number of benzene rings is 1. The minimum absolute atomic E-state index is 0.328. The summed E-state index contributed by atoms with van der Waals surface area (Å²) < 4.78 is 6.79. The summed E-state index contributed by atoms with van der Waals surface area (Å²) in [4.78, 5) is 4.22. The molecule has 0 fully saturated rings. The zero-order chi connectivity index (χ0) is 13.7. The number of aliphatic imine (C=N–C) groups is 1. The number of nitrogens with zero attached hydrogens (tertiary/aromatic N) is 4. The van der Waals surface area contributed by atoms with Crippen molar-refractivity contribution in [3.05, 3.63) is 36.2 Å². The van der Waals surface area contributed by atoms with Gasteiger partial charge in [-0.2, -0.15) is 0 Å². The van der Waals surface area contributed by atoms with Crippen LogP contribution in [-0.2, 0) is 13.6 Å². The number of hydrogen-bond acceptors (Lipinski definition) is 4. The molecular formula is C12H16N6O. The van der Waals surface area contributed by atoms with Crippen LogP contribution in [0.3, 0.4) is 0 Å². The molecule has 0 aliphatic heterocycles. The van der Waals surface area contributed by atoms with Gasteiger partial charge < -0.3 is 15.8 Å². The molecule has 0 aliphatic rings. The molecule has 2 aromatic rings. The molecule has 1 aromatic carbocycles. The molecule has 0 bridgehead atoms. The quantitative estimate of drug-likeness (QED) is 0.625. The van der Waals surface area contributed by atoms with E-state index >= 15 is 0 Å². The van der Waals surface area contributed by atoms with Crippen LogP contribution in [0.25, 0.3) is 0 Å². The molecule has 0 amide bonds. The lowest BCUT2D eigenvalue weighted by molar-refractivity contribution is 0.415. The Morgan fingerprint density at radius 1 is 1.53 bits per heavy atom. The molecular weight excluding hydrogens is 244 g/mol. The Balaban J connectivity index is 2.00. The van der Waals surface area contributed by atoms with E-state index in [9.17, 15) is 0 Å². The molecule has 0 spiro atoms. The van der Waals surface area contributed by atoms with Crippen LogP contribution in [0.4, 0.5) is 5.69 Å². The van der Waals surface area contributed by atoms with Gasteiger partial charge in [0, 0.05) is 18.8 Å². The van der Waals surface area contributed by atoms with E-state index < -0.39 is 0 Å². The molecule has 0 atom stereocenters. The van der Waals surface area contributed by atoms with Gasteiger partial charge in [-0.25, -0.2) is 4.99 Å². The number of aromatic nitrogens is 3. The summed E-state index contributed by atoms with van der Waals surface area (Å²) in [5.74, 6) is 1.09. The molecule has 2 rings (SSSR count). The first-order chi connectivity index (χ1) is 9.19. The van der Waals surface area contributed by atoms with Crippen molar-refractivity contribution in [3.8, 4) is 5.75 Å². The van der Waals surface area contributed by atoms with Gasteiger partial charge in [0.05, 0.1) is 25.5 Å². The molecule has 19 heavy (non-hydrogen) atoms. The number of hydrogen-bond donors (Lipinski definition) is 2. The summed E-state index contributed by atoms with van der Waals surface area (Å²) in [6.45, 7) is 0.423. The molecule has 0 unspecified atom stereocenters. The molecule has 3 N–H and O–H groups in total. The SMILES string of the molecule is COc1cccc(NC(N)=NCc2cnnn2C)c1. The Morgan fingerprint density at radius 3 is 3.05 bits per heavy atom. The molecule has 0 radical (unpaired) electrons. The standard InChI is InChI=1S/C12H16N6O/c1-18-10(8-15-17-18)7-14-12(13)16-9-4-3-5-11(6-9)19-2/h3-6,8H,7H2,1-2H3,(H3,13,14,16). The maximum atomic E-state index is 5.81. The molecule has 7 heteroatoms. The average Bonchev–Trinajstić information content (AvgIpc) is 2.82. The Hall–Kier alpha value is -2.57. The third kappa shape index (κ3) is 3.44. The number of methoxy groups -OCH3 is 1. The van der Waals surface area contributed by atoms with Crippen LogP contribution in [0, 0.1) is 0 Å². The monoisotopic (exact) mass is 260 g/mol. The minimum atomic E-state index is 0.328. The number of nitrogens with one attached hydrogen (secondary N) is 1. The minimum Gasteiger partial charge on any atom is -0.497 e. The van der Waals surface area contributed by atoms with Crippen LogP contribution < -0.4 is 15.8 Å². The lowest BCUT2D eigenvalue weighted by atomic mass is 10.3. The summed E-state index contributed by atoms with van der Waals surface area (Å²) in [6.07, 6.45) is 1.66. The predicted octanol–water partition coefficient (Wildman–Crippen LogP) is 0.750. The van der Waals surface area contributed by atoms with Crippen molar-refractivity contribution in [2.45, 2.75) is 6.54 Å². The smallest absolute Gasteiger partial charge is 0.193 e. The first-order valence-electron chi connectivity index (χ1n) is 5.73. The highest BCUT2D eigenvalue weighted by Crippen LogP contribution is 2.16. The second-order valence-electron chi connectivity index (χ2n) is 3.91. The molecule has 1 aromatic heterocycles. The van der Waals surface area contributed by atoms with E-state index in [1.807, 2.05) is 31.3 Å². The Kier molecular flexibility index (Phi) is 3.97. The second-order valence-corrected chi connectivity index (χ2v) is 3.91. The highest BCUT2D eigenvalue weighted by Gasteiger charge is 2.00. The predicted molar refractivity (Wildman–Crippen MR) is 72.9 cm³/mol. The molecule has 7 nitrogen and oxygen atoms in total. The third-order valence-electron chi connectivity index (χ3n) is 2.56. The summed E-state index contributed by atoms with van der Waals surface area (Å²) in [5, 5.41) is 10.6. The van der Waals surface area contributed by atoms with Gasteiger partial charge in [0.15, 0.2) is 5.96 Å². The molecule has 1 heterocycles. The van der Waals surface area contributed by atoms with E-state index in [0.29, 0.717) is 12.5 Å². The lowest BCUT2D eigenvalue weighted by Gasteiger charge is -2.07. The summed E-state index contributed by atoms with van der Waals surface area (Å²) >= 11 is 0. The Morgan fingerprint density at radius 2 is 2.37 bits per heavy atom. The van der Waals surface area contributed by atoms with Gasteiger partial charge in [-0.1, -0.05) is 11.3 Å². The average molecular weight is 260 g/mol. The van der Waals surface area contributed by atoms with Crippen molar-refractivity contribution in [1.82, 2.24) is 15.0 Å². The maximum absolute atomic E-state index is 5.81. The fourth-order valence-electron chi connectivity index (χ4n) is 1.51. The van der Waals surface area contributed by atoms with Gasteiger partial charge in [0.1, 0.15) is 5.75 Å². The van der Waals surface area contributed by atoms with Crippen molar-refractivity contribution in [1.29, 1.82) is 0 Å². The fourth-order valence-corrected chi connectivity index (χ4v) is 1.51. The van der Waals surface area contributed by atoms with Gasteiger partial charge in [0.25, 0.3) is 0 Å². The van der Waals surface area contributed by atoms with Gasteiger partial charge >= 0.3 is 0 Å². The Labute approximate surface area is 111 Å². The van der Waals surface area contributed by atoms with Crippen molar-refractivity contribution in [2.75, 3.05) is 12.4 Å². The number of rotatable bonds is 4. The third-order valence-corrected chi connectivity index (χ3v) is 2.56. The van der Waals surface area contributed by atoms with Gasteiger partial charge in [0.2, 0.25) is 0 Å². The normalized spacial score (nSPS) is 11.4. The number of ether oxygens (including phenoxy) is 1. The molecule has 0 saturated carbocycles. The zero-order valence-corrected chi connectivity index (χ0v) is 10.9. The molecule has 0 saturated heterocycles. The van der Waals surface area contributed by atoms with Crippen LogP contribution >= 0.6 is 0 Å². The number of nitrogens with two attached hydrogens (primary N) is 1. The highest BCUT2D eigenvalue weighted by molar-refractivity contribution is 5.92. The van der Waals surface area contributed by atoms with Crippen LogP contribution in [-0.4, -0.2) is 28.1 Å². The lowest BCUT2D eigenvalue weighted by Crippen LogP contribution is -2.22. The van der Waals surface area contributed by atoms with Crippen LogP contribution in [0.1, 0.15) is 5.69 Å². The topological polar surface area (TPSA) is 90.3 Å². The van der Waals surface area contributed by atoms with E-state index in [1.54, 1.807) is 18.0 Å². The first-order valence-corrected chi connectivity index (χ1v) is 5.73. The summed E-state index contributed by atoms with van der Waals surface area (Å²) in [6, 6.07) is 7.46. The summed E-state index contributed by atoms with van der Waals surface area (Å²) in [5.41, 5.74) is 7.52. The number of aryl methyl sites for hydroxylation is 1. The van der Waals surface area contributed by atoms with Gasteiger partial charge in [-0.05, 0) is 12.1 Å². The Bertz CT molecular complexity index is 577. The molecule has 100 valence electrons. The van der Waals surface area contributed by atoms with Crippen LogP contribution in [0.5, 0.6) is 5.75 Å². The van der Waals surface area contributed by atoms with Crippen molar-refractivity contribution in [2.24, 2.45) is 17.8 Å². The van der Waals surface area contributed by atoms with E-state index in [2.05, 4.69) is 20.6 Å². The molecule has 0 aliphatic carbocycles. The maximum Gasteiger partial charge on any atom is 0.193 e. The van der Waals surface area contributed by atoms with E-state index in [4.69, 9.17) is 10.5 Å². The first kappa shape index (κ1) is 12.9. The van der Waals surface area contributed by atoms with Crippen LogP contribution in [0.15, 0.2) is 35.5 Å². The largest absolute Gasteiger partial charge is 0.497 e. The fraction of sp³-hybridized carbons (Fsp3) is 0.250. The second kappa shape index (κ2) is 5.85. The number of guanidine groups is 1.